The minimum absolute atomic E-state index is 0.148. The molecule has 1 aromatic carbocycles. The molecule has 0 amide bonds. The van der Waals surface area contributed by atoms with Crippen molar-refractivity contribution in [2.45, 2.75) is 32.3 Å². The first kappa shape index (κ1) is 19.9. The summed E-state index contributed by atoms with van der Waals surface area (Å²) < 4.78 is 2.91. The van der Waals surface area contributed by atoms with Gasteiger partial charge < -0.3 is 19.5 Å². The van der Waals surface area contributed by atoms with Crippen molar-refractivity contribution in [2.24, 2.45) is 0 Å². The number of fused-ring (bicyclic) bond motifs is 2. The van der Waals surface area contributed by atoms with Crippen LogP contribution in [0.25, 0.3) is 11.3 Å². The lowest BCUT2D eigenvalue weighted by Crippen LogP contribution is -2.43. The van der Waals surface area contributed by atoms with Crippen LogP contribution in [0.5, 0.6) is 0 Å². The van der Waals surface area contributed by atoms with Gasteiger partial charge in [0.25, 0.3) is 0 Å². The number of aryl methyl sites for hydroxylation is 1. The summed E-state index contributed by atoms with van der Waals surface area (Å²) in [5.41, 5.74) is 3.80. The summed E-state index contributed by atoms with van der Waals surface area (Å²) >= 11 is 0. The average molecular weight is 431 g/mol. The lowest BCUT2D eigenvalue weighted by atomic mass is 9.85. The Hall–Kier alpha value is -4.07. The third-order valence-electron chi connectivity index (χ3n) is 5.91. The number of H-pyrrole nitrogens is 1. The van der Waals surface area contributed by atoms with Crippen LogP contribution in [0.2, 0.25) is 0 Å². The SMILES string of the molecule is O=C(O)c1ccn(C2=CC3=C(CC2)CCc2[nH]c(=O)c(=O)n(OCc4ccccc4)c23)c1. The normalized spacial score (nSPS) is 15.1. The Bertz CT molecular complexity index is 1390. The van der Waals surface area contributed by atoms with Crippen LogP contribution in [0.1, 0.15) is 46.6 Å². The second kappa shape index (κ2) is 7.88. The molecule has 0 unspecified atom stereocenters. The van der Waals surface area contributed by atoms with Crippen LogP contribution in [-0.4, -0.2) is 25.4 Å². The van der Waals surface area contributed by atoms with Gasteiger partial charge in [0.1, 0.15) is 12.3 Å². The molecule has 162 valence electrons. The largest absolute Gasteiger partial charge is 0.478 e. The average Bonchev–Trinajstić information content (AvgIpc) is 3.30. The Morgan fingerprint density at radius 2 is 1.84 bits per heavy atom. The van der Waals surface area contributed by atoms with E-state index in [-0.39, 0.29) is 12.2 Å². The fourth-order valence-electron chi connectivity index (χ4n) is 4.29. The third-order valence-corrected chi connectivity index (χ3v) is 5.91. The highest BCUT2D eigenvalue weighted by molar-refractivity contribution is 5.88. The Morgan fingerprint density at radius 3 is 2.59 bits per heavy atom. The van der Waals surface area contributed by atoms with E-state index in [1.54, 1.807) is 23.0 Å². The van der Waals surface area contributed by atoms with Gasteiger partial charge >= 0.3 is 17.1 Å². The van der Waals surface area contributed by atoms with E-state index in [1.807, 2.05) is 36.4 Å². The van der Waals surface area contributed by atoms with Gasteiger partial charge in [-0.3, -0.25) is 9.59 Å². The number of aromatic nitrogens is 3. The van der Waals surface area contributed by atoms with Gasteiger partial charge in [-0.1, -0.05) is 35.9 Å². The van der Waals surface area contributed by atoms with Crippen LogP contribution in [0.15, 0.2) is 70.0 Å². The maximum absolute atomic E-state index is 12.7. The molecule has 5 rings (SSSR count). The Balaban J connectivity index is 1.59. The van der Waals surface area contributed by atoms with E-state index < -0.39 is 17.1 Å². The van der Waals surface area contributed by atoms with Crippen molar-refractivity contribution in [3.8, 4) is 0 Å². The quantitative estimate of drug-likeness (QED) is 0.604. The molecule has 0 fully saturated rings. The van der Waals surface area contributed by atoms with E-state index in [0.29, 0.717) is 17.8 Å². The number of benzene rings is 1. The molecule has 0 bridgehead atoms. The van der Waals surface area contributed by atoms with E-state index in [1.165, 1.54) is 5.57 Å². The van der Waals surface area contributed by atoms with E-state index in [9.17, 15) is 19.5 Å². The van der Waals surface area contributed by atoms with Crippen molar-refractivity contribution in [3.05, 3.63) is 104 Å². The highest BCUT2D eigenvalue weighted by atomic mass is 16.7. The molecule has 8 nitrogen and oxygen atoms in total. The van der Waals surface area contributed by atoms with Gasteiger partial charge in [-0.05, 0) is 43.4 Å². The van der Waals surface area contributed by atoms with Gasteiger partial charge in [-0.15, -0.1) is 4.73 Å². The Morgan fingerprint density at radius 1 is 1.06 bits per heavy atom. The molecule has 2 aliphatic carbocycles. The summed E-state index contributed by atoms with van der Waals surface area (Å²) in [5.74, 6) is -0.983. The van der Waals surface area contributed by atoms with Crippen LogP contribution in [-0.2, 0) is 13.0 Å². The van der Waals surface area contributed by atoms with Crippen LogP contribution >= 0.6 is 0 Å². The number of nitrogens with zero attached hydrogens (tertiary/aromatic N) is 2. The standard InChI is InChI=1S/C24H21N3O5/c28-22-23(29)27(32-14-15-4-2-1-3-5-15)21-19-12-18(26-11-10-17(13-26)24(30)31)8-6-16(19)7-9-20(21)25-22/h1-5,10-13H,6-9,14H2,(H,25,28)(H,30,31). The smallest absolute Gasteiger partial charge is 0.349 e. The summed E-state index contributed by atoms with van der Waals surface area (Å²) in [7, 11) is 0. The fourth-order valence-corrected chi connectivity index (χ4v) is 4.29. The number of hydrogen-bond donors (Lipinski definition) is 2. The summed E-state index contributed by atoms with van der Waals surface area (Å²) in [5, 5.41) is 9.23. The van der Waals surface area contributed by atoms with Crippen LogP contribution in [0, 0.1) is 0 Å². The molecular formula is C24H21N3O5. The molecule has 2 aliphatic rings. The molecule has 0 saturated heterocycles. The van der Waals surface area contributed by atoms with Crippen LogP contribution < -0.4 is 16.0 Å². The third kappa shape index (κ3) is 3.49. The number of carbonyl (C=O) groups is 1. The van der Waals surface area contributed by atoms with Gasteiger partial charge in [0.05, 0.1) is 5.56 Å². The maximum Gasteiger partial charge on any atom is 0.349 e. The van der Waals surface area contributed by atoms with E-state index in [0.717, 1.165) is 40.8 Å². The van der Waals surface area contributed by atoms with Gasteiger partial charge in [0.2, 0.25) is 0 Å². The van der Waals surface area contributed by atoms with Crippen molar-refractivity contribution in [2.75, 3.05) is 0 Å². The molecule has 3 aromatic rings. The lowest BCUT2D eigenvalue weighted by Gasteiger charge is -2.28. The number of nitrogens with one attached hydrogen (secondary N) is 1. The van der Waals surface area contributed by atoms with Crippen molar-refractivity contribution in [1.82, 2.24) is 14.3 Å². The number of carboxylic acids is 1. The summed E-state index contributed by atoms with van der Waals surface area (Å²) in [6.45, 7) is 0.148. The van der Waals surface area contributed by atoms with Gasteiger partial charge in [0, 0.05) is 29.4 Å². The molecule has 0 aliphatic heterocycles. The van der Waals surface area contributed by atoms with E-state index in [4.69, 9.17) is 4.84 Å². The number of aromatic amines is 1. The van der Waals surface area contributed by atoms with E-state index in [2.05, 4.69) is 4.98 Å². The Labute approximate surface area is 182 Å². The van der Waals surface area contributed by atoms with Crippen LogP contribution in [0.3, 0.4) is 0 Å². The first-order valence-electron chi connectivity index (χ1n) is 10.4. The predicted molar refractivity (Wildman–Crippen MR) is 118 cm³/mol. The van der Waals surface area contributed by atoms with Gasteiger partial charge in [0.15, 0.2) is 0 Å². The first-order valence-corrected chi connectivity index (χ1v) is 10.4. The monoisotopic (exact) mass is 431 g/mol. The number of carboxylic acid groups (broad SMARTS) is 1. The second-order valence-corrected chi connectivity index (χ2v) is 7.91. The zero-order valence-corrected chi connectivity index (χ0v) is 17.2. The van der Waals surface area contributed by atoms with Crippen molar-refractivity contribution in [1.29, 1.82) is 0 Å². The number of hydrogen-bond acceptors (Lipinski definition) is 4. The summed E-state index contributed by atoms with van der Waals surface area (Å²) in [4.78, 5) is 44.9. The molecule has 0 saturated carbocycles. The number of rotatable bonds is 5. The Kier molecular flexibility index (Phi) is 4.89. The zero-order chi connectivity index (χ0) is 22.2. The lowest BCUT2D eigenvalue weighted by molar-refractivity contribution is 0.0697. The van der Waals surface area contributed by atoms with Crippen molar-refractivity contribution in [3.63, 3.8) is 0 Å². The minimum Gasteiger partial charge on any atom is -0.478 e. The van der Waals surface area contributed by atoms with E-state index >= 15 is 0 Å². The molecule has 32 heavy (non-hydrogen) atoms. The molecule has 0 atom stereocenters. The molecule has 8 heteroatoms. The molecule has 0 radical (unpaired) electrons. The summed E-state index contributed by atoms with van der Waals surface area (Å²) in [6.07, 6.45) is 8.20. The first-order chi connectivity index (χ1) is 15.5. The van der Waals surface area contributed by atoms with Crippen molar-refractivity contribution < 1.29 is 14.7 Å². The van der Waals surface area contributed by atoms with Gasteiger partial charge in [-0.2, -0.15) is 0 Å². The molecule has 2 N–H and O–H groups in total. The zero-order valence-electron chi connectivity index (χ0n) is 17.2. The highest BCUT2D eigenvalue weighted by Gasteiger charge is 2.27. The second-order valence-electron chi connectivity index (χ2n) is 7.91. The molecular weight excluding hydrogens is 410 g/mol. The fraction of sp³-hybridized carbons (Fsp3) is 0.208. The topological polar surface area (TPSA) is 106 Å². The molecule has 2 aromatic heterocycles. The molecule has 2 heterocycles. The van der Waals surface area contributed by atoms with Crippen LogP contribution in [0.4, 0.5) is 0 Å². The highest BCUT2D eigenvalue weighted by Crippen LogP contribution is 2.38. The minimum atomic E-state index is -0.983. The number of allylic oxidation sites excluding steroid dienone is 4. The van der Waals surface area contributed by atoms with Gasteiger partial charge in [-0.25, -0.2) is 4.79 Å². The number of aromatic carboxylic acids is 1. The summed E-state index contributed by atoms with van der Waals surface area (Å²) in [6, 6.07) is 11.0. The molecule has 0 spiro atoms. The predicted octanol–water partition coefficient (Wildman–Crippen LogP) is 2.70. The van der Waals surface area contributed by atoms with Crippen molar-refractivity contribution >= 4 is 17.2 Å². The maximum atomic E-state index is 12.7.